The minimum absolute atomic E-state index is 0.00926. The van der Waals surface area contributed by atoms with Crippen molar-refractivity contribution < 1.29 is 9.90 Å². The van der Waals surface area contributed by atoms with Gasteiger partial charge in [-0.1, -0.05) is 19.8 Å². The molecule has 0 amide bonds. The third kappa shape index (κ3) is 2.03. The van der Waals surface area contributed by atoms with Crippen LogP contribution in [0, 0.1) is 11.8 Å². The number of ketones is 1. The van der Waals surface area contributed by atoms with E-state index in [2.05, 4.69) is 0 Å². The summed E-state index contributed by atoms with van der Waals surface area (Å²) in [5, 5.41) is 8.74. The molecule has 1 aliphatic carbocycles. The first kappa shape index (κ1) is 8.72. The second kappa shape index (κ2) is 3.86. The van der Waals surface area contributed by atoms with E-state index in [-0.39, 0.29) is 24.2 Å². The van der Waals surface area contributed by atoms with Crippen molar-refractivity contribution in [1.29, 1.82) is 0 Å². The van der Waals surface area contributed by atoms with Gasteiger partial charge >= 0.3 is 0 Å². The van der Waals surface area contributed by atoms with Gasteiger partial charge in [-0.2, -0.15) is 0 Å². The molecule has 11 heavy (non-hydrogen) atoms. The molecule has 2 heteroatoms. The normalized spacial score (nSPS) is 22.0. The fourth-order valence-electron chi connectivity index (χ4n) is 1.70. The van der Waals surface area contributed by atoms with Crippen molar-refractivity contribution in [3.8, 4) is 0 Å². The average molecular weight is 156 g/mol. The molecule has 0 saturated heterocycles. The number of aliphatic hydroxyl groups is 1. The van der Waals surface area contributed by atoms with E-state index in [0.29, 0.717) is 0 Å². The minimum atomic E-state index is -0.141. The van der Waals surface area contributed by atoms with Crippen LogP contribution >= 0.6 is 0 Å². The molecule has 1 N–H and O–H groups in total. The molecule has 64 valence electrons. The highest BCUT2D eigenvalue weighted by atomic mass is 16.3. The van der Waals surface area contributed by atoms with Gasteiger partial charge in [0.2, 0.25) is 0 Å². The first-order valence-corrected chi connectivity index (χ1v) is 4.40. The Kier molecular flexibility index (Phi) is 3.06. The topological polar surface area (TPSA) is 37.3 Å². The van der Waals surface area contributed by atoms with E-state index in [0.717, 1.165) is 12.8 Å². The Hall–Kier alpha value is -0.370. The Labute approximate surface area is 67.6 Å². The number of carbonyl (C=O) groups is 1. The number of rotatable bonds is 3. The summed E-state index contributed by atoms with van der Waals surface area (Å²) in [5.41, 5.74) is 0. The van der Waals surface area contributed by atoms with Crippen molar-refractivity contribution in [1.82, 2.24) is 0 Å². The third-order valence-electron chi connectivity index (χ3n) is 2.52. The van der Waals surface area contributed by atoms with Crippen LogP contribution in [0.15, 0.2) is 0 Å². The molecule has 1 aliphatic rings. The Morgan fingerprint density at radius 3 is 2.55 bits per heavy atom. The zero-order valence-electron chi connectivity index (χ0n) is 7.05. The summed E-state index contributed by atoms with van der Waals surface area (Å²) in [4.78, 5) is 11.4. The maximum absolute atomic E-state index is 11.4. The Bertz CT molecular complexity index is 136. The first-order valence-electron chi connectivity index (χ1n) is 4.40. The van der Waals surface area contributed by atoms with Crippen LogP contribution in [0.2, 0.25) is 0 Å². The zero-order chi connectivity index (χ0) is 8.27. The van der Waals surface area contributed by atoms with Crippen molar-refractivity contribution in [2.24, 2.45) is 11.8 Å². The van der Waals surface area contributed by atoms with Crippen LogP contribution < -0.4 is 0 Å². The molecule has 0 aromatic rings. The van der Waals surface area contributed by atoms with Gasteiger partial charge in [0.1, 0.15) is 5.78 Å². The van der Waals surface area contributed by atoms with E-state index >= 15 is 0 Å². The lowest BCUT2D eigenvalue weighted by molar-refractivity contribution is -0.127. The summed E-state index contributed by atoms with van der Waals surface area (Å²) in [6.07, 6.45) is 4.47. The number of hydrogen-bond acceptors (Lipinski definition) is 2. The van der Waals surface area contributed by atoms with Crippen molar-refractivity contribution in [3.63, 3.8) is 0 Å². The molecule has 0 heterocycles. The summed E-state index contributed by atoms with van der Waals surface area (Å²) in [5.74, 6) is 0.389. The summed E-state index contributed by atoms with van der Waals surface area (Å²) in [6, 6.07) is 0. The SMILES string of the molecule is CC(CO)C(=O)C1CCCC1. The lowest BCUT2D eigenvalue weighted by Gasteiger charge is -2.11. The van der Waals surface area contributed by atoms with Crippen LogP contribution in [0.3, 0.4) is 0 Å². The van der Waals surface area contributed by atoms with Gasteiger partial charge in [0.05, 0.1) is 6.61 Å². The van der Waals surface area contributed by atoms with Crippen LogP contribution in [-0.2, 0) is 4.79 Å². The Balaban J connectivity index is 2.39. The van der Waals surface area contributed by atoms with Gasteiger partial charge < -0.3 is 5.11 Å². The zero-order valence-corrected chi connectivity index (χ0v) is 7.05. The molecule has 1 atom stereocenters. The standard InChI is InChI=1S/C9H16O2/c1-7(6-10)9(11)8-4-2-3-5-8/h7-8,10H,2-6H2,1H3. The fraction of sp³-hybridized carbons (Fsp3) is 0.889. The fourth-order valence-corrected chi connectivity index (χ4v) is 1.70. The molecule has 0 bridgehead atoms. The largest absolute Gasteiger partial charge is 0.396 e. The van der Waals surface area contributed by atoms with Gasteiger partial charge in [0.15, 0.2) is 0 Å². The maximum Gasteiger partial charge on any atom is 0.141 e. The molecule has 0 radical (unpaired) electrons. The highest BCUT2D eigenvalue weighted by Crippen LogP contribution is 2.27. The van der Waals surface area contributed by atoms with Crippen molar-refractivity contribution in [3.05, 3.63) is 0 Å². The van der Waals surface area contributed by atoms with Gasteiger partial charge in [0.25, 0.3) is 0 Å². The van der Waals surface area contributed by atoms with E-state index in [9.17, 15) is 4.79 Å². The summed E-state index contributed by atoms with van der Waals surface area (Å²) in [6.45, 7) is 1.82. The van der Waals surface area contributed by atoms with Gasteiger partial charge in [-0.15, -0.1) is 0 Å². The lowest BCUT2D eigenvalue weighted by atomic mass is 9.93. The number of Topliss-reactive ketones (excluding diaryl/α,β-unsaturated/α-hetero) is 1. The predicted molar refractivity (Wildman–Crippen MR) is 43.2 cm³/mol. The summed E-state index contributed by atoms with van der Waals surface area (Å²) >= 11 is 0. The molecule has 0 aromatic carbocycles. The molecule has 0 aliphatic heterocycles. The number of carbonyl (C=O) groups excluding carboxylic acids is 1. The van der Waals surface area contributed by atoms with Crippen LogP contribution in [0.5, 0.6) is 0 Å². The number of hydrogen-bond donors (Lipinski definition) is 1. The molecular weight excluding hydrogens is 140 g/mol. The second-order valence-corrected chi connectivity index (χ2v) is 3.47. The van der Waals surface area contributed by atoms with Crippen molar-refractivity contribution in [2.75, 3.05) is 6.61 Å². The predicted octanol–water partition coefficient (Wildman–Crippen LogP) is 1.37. The van der Waals surface area contributed by atoms with Crippen LogP contribution in [0.25, 0.3) is 0 Å². The third-order valence-corrected chi connectivity index (χ3v) is 2.52. The smallest absolute Gasteiger partial charge is 0.141 e. The van der Waals surface area contributed by atoms with E-state index in [4.69, 9.17) is 5.11 Å². The molecule has 1 fully saturated rings. The highest BCUT2D eigenvalue weighted by Gasteiger charge is 2.25. The van der Waals surface area contributed by atoms with E-state index in [1.807, 2.05) is 0 Å². The van der Waals surface area contributed by atoms with Gasteiger partial charge in [-0.25, -0.2) is 0 Å². The average Bonchev–Trinajstić information content (AvgIpc) is 2.53. The molecule has 1 saturated carbocycles. The summed E-state index contributed by atoms with van der Waals surface area (Å²) in [7, 11) is 0. The van der Waals surface area contributed by atoms with Crippen LogP contribution in [0.4, 0.5) is 0 Å². The molecule has 1 rings (SSSR count). The molecule has 2 nitrogen and oxygen atoms in total. The molecule has 0 aromatic heterocycles. The van der Waals surface area contributed by atoms with Crippen molar-refractivity contribution >= 4 is 5.78 Å². The first-order chi connectivity index (χ1) is 5.25. The van der Waals surface area contributed by atoms with E-state index in [1.165, 1.54) is 12.8 Å². The van der Waals surface area contributed by atoms with E-state index < -0.39 is 0 Å². The Morgan fingerprint density at radius 2 is 2.09 bits per heavy atom. The van der Waals surface area contributed by atoms with Gasteiger partial charge in [-0.05, 0) is 12.8 Å². The van der Waals surface area contributed by atoms with Gasteiger partial charge in [0, 0.05) is 11.8 Å². The quantitative estimate of drug-likeness (QED) is 0.670. The van der Waals surface area contributed by atoms with Crippen LogP contribution in [0.1, 0.15) is 32.6 Å². The van der Waals surface area contributed by atoms with Crippen molar-refractivity contribution in [2.45, 2.75) is 32.6 Å². The highest BCUT2D eigenvalue weighted by molar-refractivity contribution is 5.83. The minimum Gasteiger partial charge on any atom is -0.396 e. The molecule has 1 unspecified atom stereocenters. The van der Waals surface area contributed by atoms with Crippen LogP contribution in [-0.4, -0.2) is 17.5 Å². The van der Waals surface area contributed by atoms with Gasteiger partial charge in [-0.3, -0.25) is 4.79 Å². The maximum atomic E-state index is 11.4. The summed E-state index contributed by atoms with van der Waals surface area (Å²) < 4.78 is 0. The monoisotopic (exact) mass is 156 g/mol. The second-order valence-electron chi connectivity index (χ2n) is 3.47. The van der Waals surface area contributed by atoms with E-state index in [1.54, 1.807) is 6.92 Å². The Morgan fingerprint density at radius 1 is 1.55 bits per heavy atom. The molecule has 0 spiro atoms. The lowest BCUT2D eigenvalue weighted by Crippen LogP contribution is -2.21. The number of aliphatic hydroxyl groups excluding tert-OH is 1. The molecular formula is C9H16O2.